The molecule has 110 valence electrons. The molecule has 0 radical (unpaired) electrons. The van der Waals surface area contributed by atoms with Crippen molar-refractivity contribution < 1.29 is 14.3 Å². The third kappa shape index (κ3) is 4.96. The van der Waals surface area contributed by atoms with E-state index in [1.807, 2.05) is 0 Å². The van der Waals surface area contributed by atoms with E-state index in [-0.39, 0.29) is 11.8 Å². The molecular formula is C16H28O3. The zero-order valence-corrected chi connectivity index (χ0v) is 12.5. The van der Waals surface area contributed by atoms with Crippen LogP contribution in [-0.4, -0.2) is 18.4 Å². The Kier molecular flexibility index (Phi) is 7.11. The lowest BCUT2D eigenvalue weighted by Crippen LogP contribution is -2.38. The monoisotopic (exact) mass is 268 g/mol. The van der Waals surface area contributed by atoms with Gasteiger partial charge in [0.15, 0.2) is 0 Å². The van der Waals surface area contributed by atoms with E-state index >= 15 is 0 Å². The van der Waals surface area contributed by atoms with Crippen molar-refractivity contribution >= 4 is 11.8 Å². The summed E-state index contributed by atoms with van der Waals surface area (Å²) in [6, 6.07) is 0. The van der Waals surface area contributed by atoms with E-state index in [2.05, 4.69) is 0 Å². The fraction of sp³-hybridized carbons (Fsp3) is 0.875. The van der Waals surface area contributed by atoms with Crippen molar-refractivity contribution in [1.82, 2.24) is 0 Å². The minimum atomic E-state index is -0.908. The number of rotatable bonds is 2. The van der Waals surface area contributed by atoms with Crippen LogP contribution in [-0.2, 0) is 14.3 Å². The normalized spacial score (nSPS) is 27.2. The summed E-state index contributed by atoms with van der Waals surface area (Å²) in [4.78, 5) is 24.5. The van der Waals surface area contributed by atoms with E-state index in [4.69, 9.17) is 4.74 Å². The zero-order chi connectivity index (χ0) is 14.1. The van der Waals surface area contributed by atoms with Crippen molar-refractivity contribution in [3.8, 4) is 0 Å². The Hall–Kier alpha value is -0.860. The van der Waals surface area contributed by atoms with Gasteiger partial charge in [-0.05, 0) is 26.7 Å². The second kappa shape index (κ2) is 8.34. The second-order valence-electron chi connectivity index (χ2n) is 5.80. The Labute approximate surface area is 117 Å². The van der Waals surface area contributed by atoms with Gasteiger partial charge in [-0.2, -0.15) is 0 Å². The smallest absolute Gasteiger partial charge is 0.319 e. The minimum absolute atomic E-state index is 0.0755. The van der Waals surface area contributed by atoms with Crippen LogP contribution in [0.2, 0.25) is 0 Å². The van der Waals surface area contributed by atoms with E-state index < -0.39 is 5.41 Å². The molecule has 19 heavy (non-hydrogen) atoms. The second-order valence-corrected chi connectivity index (χ2v) is 5.80. The number of carbonyl (C=O) groups is 2. The van der Waals surface area contributed by atoms with Crippen molar-refractivity contribution in [3.05, 3.63) is 0 Å². The SMILES string of the molecule is CCOC(=O)C1(C)CCCCCCCCCCC1=O. The van der Waals surface area contributed by atoms with Gasteiger partial charge in [-0.1, -0.05) is 44.9 Å². The molecule has 3 nitrogen and oxygen atoms in total. The highest BCUT2D eigenvalue weighted by molar-refractivity contribution is 6.03. The molecule has 0 amide bonds. The first-order chi connectivity index (χ1) is 9.11. The summed E-state index contributed by atoms with van der Waals surface area (Å²) in [5, 5.41) is 0. The molecule has 1 rings (SSSR count). The fourth-order valence-corrected chi connectivity index (χ4v) is 2.75. The summed E-state index contributed by atoms with van der Waals surface area (Å²) in [5.41, 5.74) is -0.908. The highest BCUT2D eigenvalue weighted by Crippen LogP contribution is 2.31. The van der Waals surface area contributed by atoms with E-state index in [1.54, 1.807) is 13.8 Å². The Balaban J connectivity index is 2.69. The maximum Gasteiger partial charge on any atom is 0.319 e. The standard InChI is InChI=1S/C16H28O3/c1-3-19-15(18)16(2)13-11-9-7-5-4-6-8-10-12-14(16)17/h3-13H2,1-2H3. The molecule has 1 unspecified atom stereocenters. The van der Waals surface area contributed by atoms with Crippen LogP contribution in [0.25, 0.3) is 0 Å². The van der Waals surface area contributed by atoms with E-state index in [1.165, 1.54) is 25.7 Å². The van der Waals surface area contributed by atoms with Crippen LogP contribution in [0.1, 0.15) is 78.1 Å². The fourth-order valence-electron chi connectivity index (χ4n) is 2.75. The number of Topliss-reactive ketones (excluding diaryl/α,β-unsaturated/α-hetero) is 1. The third-order valence-electron chi connectivity index (χ3n) is 4.17. The van der Waals surface area contributed by atoms with Crippen LogP contribution >= 0.6 is 0 Å². The average Bonchev–Trinajstić information content (AvgIpc) is 2.39. The first-order valence-corrected chi connectivity index (χ1v) is 7.82. The summed E-state index contributed by atoms with van der Waals surface area (Å²) in [6.45, 7) is 3.92. The van der Waals surface area contributed by atoms with Crippen LogP contribution in [0.15, 0.2) is 0 Å². The molecule has 0 heterocycles. The van der Waals surface area contributed by atoms with Gasteiger partial charge in [0.2, 0.25) is 0 Å². The summed E-state index contributed by atoms with van der Waals surface area (Å²) in [6.07, 6.45) is 10.2. The Morgan fingerprint density at radius 1 is 1.05 bits per heavy atom. The van der Waals surface area contributed by atoms with Crippen LogP contribution < -0.4 is 0 Å². The highest BCUT2D eigenvalue weighted by atomic mass is 16.5. The van der Waals surface area contributed by atoms with Crippen LogP contribution in [0, 0.1) is 5.41 Å². The van der Waals surface area contributed by atoms with Crippen LogP contribution in [0.3, 0.4) is 0 Å². The maximum absolute atomic E-state index is 12.4. The number of ketones is 1. The predicted octanol–water partition coefficient (Wildman–Crippen LogP) is 4.04. The van der Waals surface area contributed by atoms with Gasteiger partial charge in [-0.25, -0.2) is 0 Å². The summed E-state index contributed by atoms with van der Waals surface area (Å²) in [7, 11) is 0. The number of ether oxygens (including phenoxy) is 1. The number of esters is 1. The van der Waals surface area contributed by atoms with E-state index in [0.717, 1.165) is 25.7 Å². The van der Waals surface area contributed by atoms with E-state index in [0.29, 0.717) is 19.4 Å². The number of hydrogen-bond acceptors (Lipinski definition) is 3. The predicted molar refractivity (Wildman–Crippen MR) is 75.9 cm³/mol. The molecule has 0 aromatic rings. The highest BCUT2D eigenvalue weighted by Gasteiger charge is 2.40. The summed E-state index contributed by atoms with van der Waals surface area (Å²) >= 11 is 0. The summed E-state index contributed by atoms with van der Waals surface area (Å²) in [5.74, 6) is -0.247. The van der Waals surface area contributed by atoms with Gasteiger partial charge in [-0.15, -0.1) is 0 Å². The quantitative estimate of drug-likeness (QED) is 0.561. The molecule has 0 spiro atoms. The maximum atomic E-state index is 12.4. The molecule has 3 heteroatoms. The third-order valence-corrected chi connectivity index (χ3v) is 4.17. The Morgan fingerprint density at radius 2 is 1.58 bits per heavy atom. The molecule has 1 atom stereocenters. The molecule has 1 saturated carbocycles. The van der Waals surface area contributed by atoms with Gasteiger partial charge in [0.05, 0.1) is 6.61 Å². The van der Waals surface area contributed by atoms with Crippen molar-refractivity contribution in [2.45, 2.75) is 78.1 Å². The number of carbonyl (C=O) groups excluding carboxylic acids is 2. The molecular weight excluding hydrogens is 240 g/mol. The average molecular weight is 268 g/mol. The molecule has 0 saturated heterocycles. The van der Waals surface area contributed by atoms with Gasteiger partial charge in [0, 0.05) is 6.42 Å². The number of hydrogen-bond donors (Lipinski definition) is 0. The zero-order valence-electron chi connectivity index (χ0n) is 12.5. The first kappa shape index (κ1) is 16.2. The molecule has 0 N–H and O–H groups in total. The van der Waals surface area contributed by atoms with Crippen LogP contribution in [0.5, 0.6) is 0 Å². The minimum Gasteiger partial charge on any atom is -0.465 e. The lowest BCUT2D eigenvalue weighted by Gasteiger charge is -2.26. The molecule has 0 bridgehead atoms. The topological polar surface area (TPSA) is 43.4 Å². The molecule has 0 aliphatic heterocycles. The van der Waals surface area contributed by atoms with Crippen molar-refractivity contribution in [2.24, 2.45) is 5.41 Å². The lowest BCUT2D eigenvalue weighted by molar-refractivity contribution is -0.159. The molecule has 0 aromatic carbocycles. The Morgan fingerprint density at radius 3 is 2.16 bits per heavy atom. The summed E-state index contributed by atoms with van der Waals surface area (Å²) < 4.78 is 5.12. The van der Waals surface area contributed by atoms with Gasteiger partial charge in [0.25, 0.3) is 0 Å². The lowest BCUT2D eigenvalue weighted by atomic mass is 9.78. The molecule has 0 aromatic heterocycles. The van der Waals surface area contributed by atoms with E-state index in [9.17, 15) is 9.59 Å². The Bertz CT molecular complexity index is 298. The van der Waals surface area contributed by atoms with Crippen molar-refractivity contribution in [2.75, 3.05) is 6.61 Å². The first-order valence-electron chi connectivity index (χ1n) is 7.82. The largest absolute Gasteiger partial charge is 0.465 e. The molecule has 1 fully saturated rings. The van der Waals surface area contributed by atoms with Gasteiger partial charge in [0.1, 0.15) is 11.2 Å². The van der Waals surface area contributed by atoms with Crippen LogP contribution in [0.4, 0.5) is 0 Å². The van der Waals surface area contributed by atoms with Crippen molar-refractivity contribution in [1.29, 1.82) is 0 Å². The van der Waals surface area contributed by atoms with Gasteiger partial charge < -0.3 is 4.74 Å². The van der Waals surface area contributed by atoms with Crippen molar-refractivity contribution in [3.63, 3.8) is 0 Å². The molecule has 1 aliphatic carbocycles. The molecule has 1 aliphatic rings. The van der Waals surface area contributed by atoms with Gasteiger partial charge in [-0.3, -0.25) is 9.59 Å². The van der Waals surface area contributed by atoms with Gasteiger partial charge >= 0.3 is 5.97 Å².